The summed E-state index contributed by atoms with van der Waals surface area (Å²) in [5.74, 6) is -8.78. The molecule has 1 rings (SSSR count). The quantitative estimate of drug-likeness (QED) is 0.0531. The minimum Gasteiger partial charge on any atom is -0.480 e. The van der Waals surface area contributed by atoms with Crippen molar-refractivity contribution in [3.05, 3.63) is 0 Å². The van der Waals surface area contributed by atoms with Gasteiger partial charge in [-0.15, -0.1) is 0 Å². The van der Waals surface area contributed by atoms with E-state index >= 15 is 0 Å². The Kier molecular flexibility index (Phi) is 17.7. The molecule has 22 nitrogen and oxygen atoms in total. The number of hydrogen-bond acceptors (Lipinski definition) is 12. The molecule has 0 spiro atoms. The summed E-state index contributed by atoms with van der Waals surface area (Å²) in [6.45, 7) is -1.17. The summed E-state index contributed by atoms with van der Waals surface area (Å²) in [6.07, 6.45) is -0.278. The Morgan fingerprint density at radius 3 is 1.80 bits per heavy atom. The lowest BCUT2D eigenvalue weighted by Crippen LogP contribution is -2.57. The van der Waals surface area contributed by atoms with Gasteiger partial charge in [0.05, 0.1) is 26.2 Å². The van der Waals surface area contributed by atoms with Crippen molar-refractivity contribution in [1.29, 1.82) is 0 Å². The van der Waals surface area contributed by atoms with Crippen LogP contribution in [0.3, 0.4) is 0 Å². The van der Waals surface area contributed by atoms with Crippen molar-refractivity contribution >= 4 is 59.1 Å². The fourth-order valence-electron chi connectivity index (χ4n) is 4.50. The maximum Gasteiger partial charge on any atom is 0.326 e. The molecular weight excluding hydrogens is 656 g/mol. The molecule has 0 aromatic carbocycles. The SMILES string of the molecule is C[C@H](NC(=O)[C@H](CO)NC(=O)CNC(=O)[C@H](CCC(N)=O)NC(=O)[C@@H]1CCCN1C(=O)CN)C(=O)NCC(=O)N[C@@H](CCC(N)=O)C(=O)O. The molecule has 1 saturated heterocycles. The number of nitrogens with zero attached hydrogens (tertiary/aromatic N) is 1. The lowest BCUT2D eigenvalue weighted by Gasteiger charge is -2.26. The normalized spacial score (nSPS) is 16.1. The molecule has 0 saturated carbocycles. The molecule has 0 bridgehead atoms. The van der Waals surface area contributed by atoms with Gasteiger partial charge in [-0.1, -0.05) is 0 Å². The number of primary amides is 2. The van der Waals surface area contributed by atoms with E-state index in [1.54, 1.807) is 0 Å². The number of carbonyl (C=O) groups excluding carboxylic acids is 9. The molecule has 0 aromatic rings. The van der Waals surface area contributed by atoms with Crippen LogP contribution in [-0.4, -0.2) is 137 Å². The highest BCUT2D eigenvalue weighted by Gasteiger charge is 2.35. The second-order valence-electron chi connectivity index (χ2n) is 10.9. The third-order valence-corrected chi connectivity index (χ3v) is 7.11. The lowest BCUT2D eigenvalue weighted by atomic mass is 10.1. The molecule has 9 amide bonds. The van der Waals surface area contributed by atoms with E-state index in [2.05, 4.69) is 31.9 Å². The average Bonchev–Trinajstić information content (AvgIpc) is 3.54. The Morgan fingerprint density at radius 1 is 0.755 bits per heavy atom. The fraction of sp³-hybridized carbons (Fsp3) is 0.630. The van der Waals surface area contributed by atoms with E-state index in [1.165, 1.54) is 11.8 Å². The molecule has 1 aliphatic rings. The Hall–Kier alpha value is -5.38. The van der Waals surface area contributed by atoms with Crippen LogP contribution in [-0.2, 0) is 47.9 Å². The van der Waals surface area contributed by atoms with Gasteiger partial charge in [0.25, 0.3) is 0 Å². The molecule has 5 atom stereocenters. The third-order valence-electron chi connectivity index (χ3n) is 7.11. The minimum atomic E-state index is -1.59. The van der Waals surface area contributed by atoms with E-state index in [1.807, 2.05) is 0 Å². The van der Waals surface area contributed by atoms with Crippen molar-refractivity contribution in [2.45, 2.75) is 75.7 Å². The molecule has 0 radical (unpaired) electrons. The summed E-state index contributed by atoms with van der Waals surface area (Å²) in [5.41, 5.74) is 15.5. The van der Waals surface area contributed by atoms with Gasteiger partial charge in [-0.2, -0.15) is 0 Å². The van der Waals surface area contributed by atoms with Gasteiger partial charge in [0, 0.05) is 19.4 Å². The van der Waals surface area contributed by atoms with Crippen LogP contribution < -0.4 is 49.1 Å². The second-order valence-corrected chi connectivity index (χ2v) is 10.9. The van der Waals surface area contributed by atoms with Crippen LogP contribution in [0.5, 0.6) is 0 Å². The first-order valence-electron chi connectivity index (χ1n) is 15.1. The molecule has 14 N–H and O–H groups in total. The molecule has 1 aliphatic heterocycles. The Bertz CT molecular complexity index is 1280. The number of hydrogen-bond donors (Lipinski definition) is 11. The maximum absolute atomic E-state index is 12.9. The number of likely N-dealkylation sites (tertiary alicyclic amines) is 1. The van der Waals surface area contributed by atoms with Crippen LogP contribution in [0.4, 0.5) is 0 Å². The van der Waals surface area contributed by atoms with Crippen LogP contribution >= 0.6 is 0 Å². The first kappa shape index (κ1) is 41.6. The van der Waals surface area contributed by atoms with E-state index < -0.39 is 109 Å². The van der Waals surface area contributed by atoms with Crippen molar-refractivity contribution in [3.8, 4) is 0 Å². The number of carboxylic acids is 1. The van der Waals surface area contributed by atoms with Gasteiger partial charge in [0.15, 0.2) is 0 Å². The molecule has 22 heteroatoms. The zero-order chi connectivity index (χ0) is 37.3. The molecule has 0 aromatic heterocycles. The van der Waals surface area contributed by atoms with E-state index in [0.29, 0.717) is 19.4 Å². The molecule has 0 unspecified atom stereocenters. The van der Waals surface area contributed by atoms with Gasteiger partial charge in [-0.3, -0.25) is 43.2 Å². The smallest absolute Gasteiger partial charge is 0.326 e. The number of aliphatic hydroxyl groups excluding tert-OH is 1. The molecular formula is C27H44N10O12. The summed E-state index contributed by atoms with van der Waals surface area (Å²) in [4.78, 5) is 122. The first-order valence-corrected chi connectivity index (χ1v) is 15.1. The molecule has 1 heterocycles. The van der Waals surface area contributed by atoms with E-state index in [4.69, 9.17) is 22.3 Å². The van der Waals surface area contributed by atoms with Crippen molar-refractivity contribution in [3.63, 3.8) is 0 Å². The van der Waals surface area contributed by atoms with Crippen molar-refractivity contribution in [2.75, 3.05) is 32.8 Å². The average molecular weight is 701 g/mol. The zero-order valence-electron chi connectivity index (χ0n) is 26.8. The highest BCUT2D eigenvalue weighted by Crippen LogP contribution is 2.17. The Labute approximate surface area is 280 Å². The predicted octanol–water partition coefficient (Wildman–Crippen LogP) is -7.26. The number of nitrogens with one attached hydrogen (secondary N) is 6. The summed E-state index contributed by atoms with van der Waals surface area (Å²) in [7, 11) is 0. The van der Waals surface area contributed by atoms with Crippen LogP contribution in [0.2, 0.25) is 0 Å². The van der Waals surface area contributed by atoms with Gasteiger partial charge >= 0.3 is 5.97 Å². The number of rotatable bonds is 21. The number of amides is 9. The number of carbonyl (C=O) groups is 10. The van der Waals surface area contributed by atoms with Gasteiger partial charge in [0.1, 0.15) is 30.2 Å². The summed E-state index contributed by atoms with van der Waals surface area (Å²) >= 11 is 0. The van der Waals surface area contributed by atoms with Gasteiger partial charge < -0.3 is 64.2 Å². The number of aliphatic carboxylic acids is 1. The Balaban J connectivity index is 2.67. The number of carboxylic acid groups (broad SMARTS) is 1. The highest BCUT2D eigenvalue weighted by molar-refractivity contribution is 5.96. The molecule has 274 valence electrons. The van der Waals surface area contributed by atoms with Gasteiger partial charge in [-0.05, 0) is 32.6 Å². The highest BCUT2D eigenvalue weighted by atomic mass is 16.4. The lowest BCUT2D eigenvalue weighted by molar-refractivity contribution is -0.142. The van der Waals surface area contributed by atoms with Crippen LogP contribution in [0.1, 0.15) is 45.4 Å². The summed E-state index contributed by atoms with van der Waals surface area (Å²) in [6, 6.07) is -6.56. The topological polar surface area (TPSA) is 365 Å². The molecule has 0 aliphatic carbocycles. The Morgan fingerprint density at radius 2 is 1.29 bits per heavy atom. The third kappa shape index (κ3) is 14.9. The molecule has 1 fully saturated rings. The standard InChI is InChI=1S/C27H44N10O12/c1-13(23(44)31-10-20(41)34-15(27(48)49)5-7-19(30)40)33-25(46)16(12-38)35-21(42)11-32-24(45)14(4-6-18(29)39)36-26(47)17-3-2-8-37(17)22(43)9-28/h13-17,38H,2-12,28H2,1H3,(H2,29,39)(H2,30,40)(H,31,44)(H,32,45)(H,33,46)(H,34,41)(H,35,42)(H,36,47)(H,48,49)/t13-,14-,15-,16-,17-/m0/s1. The fourth-order valence-corrected chi connectivity index (χ4v) is 4.50. The first-order chi connectivity index (χ1) is 23.0. The predicted molar refractivity (Wildman–Crippen MR) is 165 cm³/mol. The van der Waals surface area contributed by atoms with E-state index in [-0.39, 0.29) is 32.2 Å². The summed E-state index contributed by atoms with van der Waals surface area (Å²) < 4.78 is 0. The monoisotopic (exact) mass is 700 g/mol. The van der Waals surface area contributed by atoms with Crippen molar-refractivity contribution < 1.29 is 58.2 Å². The van der Waals surface area contributed by atoms with E-state index in [9.17, 15) is 53.1 Å². The van der Waals surface area contributed by atoms with Crippen molar-refractivity contribution in [2.24, 2.45) is 17.2 Å². The maximum atomic E-state index is 12.9. The molecule has 49 heavy (non-hydrogen) atoms. The number of aliphatic hydroxyl groups is 1. The van der Waals surface area contributed by atoms with Crippen LogP contribution in [0.15, 0.2) is 0 Å². The van der Waals surface area contributed by atoms with E-state index in [0.717, 1.165) is 0 Å². The summed E-state index contributed by atoms with van der Waals surface area (Å²) in [5, 5.41) is 32.1. The van der Waals surface area contributed by atoms with Crippen molar-refractivity contribution in [1.82, 2.24) is 36.8 Å². The zero-order valence-corrected chi connectivity index (χ0v) is 26.8. The minimum absolute atomic E-state index is 0.231. The largest absolute Gasteiger partial charge is 0.480 e. The van der Waals surface area contributed by atoms with Gasteiger partial charge in [0.2, 0.25) is 53.2 Å². The van der Waals surface area contributed by atoms with Crippen LogP contribution in [0.25, 0.3) is 0 Å². The second kappa shape index (κ2) is 20.8. The van der Waals surface area contributed by atoms with Crippen LogP contribution in [0, 0.1) is 0 Å². The number of nitrogens with two attached hydrogens (primary N) is 3. The van der Waals surface area contributed by atoms with Gasteiger partial charge in [-0.25, -0.2) is 4.79 Å².